The normalized spacial score (nSPS) is 20.0. The molecule has 0 spiro atoms. The summed E-state index contributed by atoms with van der Waals surface area (Å²) in [7, 11) is 4.17. The van der Waals surface area contributed by atoms with Gasteiger partial charge >= 0.3 is 0 Å². The van der Waals surface area contributed by atoms with Crippen LogP contribution in [0, 0.1) is 13.8 Å². The summed E-state index contributed by atoms with van der Waals surface area (Å²) in [6, 6.07) is 10.8. The zero-order valence-electron chi connectivity index (χ0n) is 16.3. The van der Waals surface area contributed by atoms with Crippen molar-refractivity contribution in [1.29, 1.82) is 0 Å². The van der Waals surface area contributed by atoms with Crippen LogP contribution in [0.25, 0.3) is 5.65 Å². The summed E-state index contributed by atoms with van der Waals surface area (Å²) >= 11 is 0. The van der Waals surface area contributed by atoms with E-state index in [1.807, 2.05) is 17.9 Å². The predicted molar refractivity (Wildman–Crippen MR) is 105 cm³/mol. The average Bonchev–Trinajstić information content (AvgIpc) is 3.30. The van der Waals surface area contributed by atoms with Crippen LogP contribution in [0.5, 0.6) is 0 Å². The third kappa shape index (κ3) is 3.10. The third-order valence-corrected chi connectivity index (χ3v) is 5.63. The van der Waals surface area contributed by atoms with E-state index in [9.17, 15) is 4.79 Å². The molecule has 1 amide bonds. The zero-order chi connectivity index (χ0) is 19.1. The number of likely N-dealkylation sites (tertiary alicyclic amines) is 1. The molecular formula is C21H25N5O. The van der Waals surface area contributed by atoms with E-state index in [1.54, 1.807) is 16.9 Å². The largest absolute Gasteiger partial charge is 0.336 e. The number of aromatic nitrogens is 3. The van der Waals surface area contributed by atoms with Crippen LogP contribution in [0.3, 0.4) is 0 Å². The molecule has 1 aliphatic rings. The number of likely N-dealkylation sites (N-methyl/N-ethyl adjacent to an activating group) is 1. The molecule has 0 bridgehead atoms. The summed E-state index contributed by atoms with van der Waals surface area (Å²) in [5.41, 5.74) is 4.74. The van der Waals surface area contributed by atoms with E-state index < -0.39 is 0 Å². The molecule has 4 rings (SSSR count). The van der Waals surface area contributed by atoms with Crippen LogP contribution >= 0.6 is 0 Å². The number of hydrogen-bond donors (Lipinski definition) is 0. The molecule has 1 aliphatic heterocycles. The van der Waals surface area contributed by atoms with E-state index in [4.69, 9.17) is 0 Å². The Balaban J connectivity index is 1.64. The molecule has 0 aliphatic carbocycles. The van der Waals surface area contributed by atoms with Crippen LogP contribution in [0.2, 0.25) is 0 Å². The zero-order valence-corrected chi connectivity index (χ0v) is 16.3. The highest BCUT2D eigenvalue weighted by Crippen LogP contribution is 2.31. The van der Waals surface area contributed by atoms with E-state index in [1.165, 1.54) is 11.1 Å². The maximum absolute atomic E-state index is 13.3. The lowest BCUT2D eigenvalue weighted by molar-refractivity contribution is 0.0780. The van der Waals surface area contributed by atoms with Gasteiger partial charge in [-0.05, 0) is 33.5 Å². The summed E-state index contributed by atoms with van der Waals surface area (Å²) in [4.78, 5) is 21.8. The number of hydrogen-bond acceptors (Lipinski definition) is 4. The Bertz CT molecular complexity index is 976. The van der Waals surface area contributed by atoms with Gasteiger partial charge in [0.2, 0.25) is 0 Å². The second-order valence-corrected chi connectivity index (χ2v) is 7.62. The molecule has 1 aromatic carbocycles. The average molecular weight is 363 g/mol. The molecule has 1 fully saturated rings. The molecule has 0 radical (unpaired) electrons. The first-order chi connectivity index (χ1) is 13.0. The molecule has 140 valence electrons. The Morgan fingerprint density at radius 2 is 1.85 bits per heavy atom. The Hall–Kier alpha value is -2.73. The lowest BCUT2D eigenvalue weighted by atomic mass is 9.93. The number of aryl methyl sites for hydroxylation is 2. The summed E-state index contributed by atoms with van der Waals surface area (Å²) in [5, 5.41) is 4.28. The smallest absolute Gasteiger partial charge is 0.257 e. The molecule has 2 atom stereocenters. The number of benzene rings is 1. The van der Waals surface area contributed by atoms with Crippen molar-refractivity contribution in [1.82, 2.24) is 24.4 Å². The first-order valence-electron chi connectivity index (χ1n) is 9.27. The van der Waals surface area contributed by atoms with Crippen molar-refractivity contribution in [2.45, 2.75) is 25.8 Å². The lowest BCUT2D eigenvalue weighted by Crippen LogP contribution is -2.36. The van der Waals surface area contributed by atoms with Crippen LogP contribution < -0.4 is 0 Å². The quantitative estimate of drug-likeness (QED) is 0.718. The van der Waals surface area contributed by atoms with Crippen molar-refractivity contribution < 1.29 is 4.79 Å². The number of amides is 1. The minimum Gasteiger partial charge on any atom is -0.336 e. The van der Waals surface area contributed by atoms with Gasteiger partial charge in [-0.25, -0.2) is 9.50 Å². The molecule has 6 heteroatoms. The minimum absolute atomic E-state index is 0.0267. The first kappa shape index (κ1) is 17.7. The van der Waals surface area contributed by atoms with E-state index in [0.717, 1.165) is 11.3 Å². The van der Waals surface area contributed by atoms with Crippen LogP contribution in [0.1, 0.15) is 33.1 Å². The SMILES string of the molecule is Cc1ccc(C2CN(C(=O)c3cnc4ccnn4c3C)CC2N(C)C)cc1. The topological polar surface area (TPSA) is 53.7 Å². The van der Waals surface area contributed by atoms with E-state index in [2.05, 4.69) is 60.3 Å². The maximum atomic E-state index is 13.3. The van der Waals surface area contributed by atoms with Gasteiger partial charge in [-0.2, -0.15) is 5.10 Å². The summed E-state index contributed by atoms with van der Waals surface area (Å²) < 4.78 is 1.73. The number of nitrogens with zero attached hydrogens (tertiary/aromatic N) is 5. The highest BCUT2D eigenvalue weighted by atomic mass is 16.2. The van der Waals surface area contributed by atoms with E-state index in [0.29, 0.717) is 30.6 Å². The maximum Gasteiger partial charge on any atom is 0.257 e. The van der Waals surface area contributed by atoms with Crippen molar-refractivity contribution in [2.24, 2.45) is 0 Å². The molecule has 0 saturated carbocycles. The van der Waals surface area contributed by atoms with Gasteiger partial charge in [0, 0.05) is 37.3 Å². The van der Waals surface area contributed by atoms with Crippen LogP contribution in [-0.4, -0.2) is 63.5 Å². The lowest BCUT2D eigenvalue weighted by Gasteiger charge is -2.25. The van der Waals surface area contributed by atoms with Gasteiger partial charge in [0.15, 0.2) is 5.65 Å². The predicted octanol–water partition coefficient (Wildman–Crippen LogP) is 2.52. The number of carbonyl (C=O) groups excluding carboxylic acids is 1. The van der Waals surface area contributed by atoms with Crippen LogP contribution in [-0.2, 0) is 0 Å². The van der Waals surface area contributed by atoms with Crippen LogP contribution in [0.4, 0.5) is 0 Å². The molecule has 0 N–H and O–H groups in total. The van der Waals surface area contributed by atoms with Crippen molar-refractivity contribution >= 4 is 11.6 Å². The van der Waals surface area contributed by atoms with Crippen molar-refractivity contribution in [3.63, 3.8) is 0 Å². The Morgan fingerprint density at radius 1 is 1.11 bits per heavy atom. The van der Waals surface area contributed by atoms with Gasteiger partial charge in [-0.15, -0.1) is 0 Å². The fourth-order valence-corrected chi connectivity index (χ4v) is 3.99. The van der Waals surface area contributed by atoms with E-state index >= 15 is 0 Å². The molecular weight excluding hydrogens is 338 g/mol. The summed E-state index contributed by atoms with van der Waals surface area (Å²) in [6.07, 6.45) is 3.38. The van der Waals surface area contributed by atoms with Gasteiger partial charge in [-0.3, -0.25) is 4.79 Å². The van der Waals surface area contributed by atoms with Gasteiger partial charge in [0.1, 0.15) is 0 Å². The fraction of sp³-hybridized carbons (Fsp3) is 0.381. The van der Waals surface area contributed by atoms with Gasteiger partial charge < -0.3 is 9.80 Å². The second-order valence-electron chi connectivity index (χ2n) is 7.62. The Kier molecular flexibility index (Phi) is 4.44. The standard InChI is InChI=1S/C21H25N5O/c1-14-5-7-16(8-6-14)18-12-25(13-19(18)24(3)4)21(27)17-11-22-20-9-10-23-26(20)15(17)2/h5-11,18-19H,12-13H2,1-4H3. The number of carbonyl (C=O) groups is 1. The first-order valence-corrected chi connectivity index (χ1v) is 9.27. The summed E-state index contributed by atoms with van der Waals surface area (Å²) in [6.45, 7) is 5.44. The van der Waals surface area contributed by atoms with Gasteiger partial charge in [0.25, 0.3) is 5.91 Å². The molecule has 3 heterocycles. The fourth-order valence-electron chi connectivity index (χ4n) is 3.99. The molecule has 27 heavy (non-hydrogen) atoms. The minimum atomic E-state index is 0.0267. The van der Waals surface area contributed by atoms with Gasteiger partial charge in [0.05, 0.1) is 17.5 Å². The van der Waals surface area contributed by atoms with Crippen LogP contribution in [0.15, 0.2) is 42.7 Å². The number of rotatable bonds is 3. The molecule has 3 aromatic rings. The Morgan fingerprint density at radius 3 is 2.56 bits per heavy atom. The monoisotopic (exact) mass is 363 g/mol. The Labute approximate surface area is 159 Å². The van der Waals surface area contributed by atoms with Crippen molar-refractivity contribution in [3.8, 4) is 0 Å². The van der Waals surface area contributed by atoms with Crippen molar-refractivity contribution in [2.75, 3.05) is 27.2 Å². The molecule has 2 aromatic heterocycles. The number of fused-ring (bicyclic) bond motifs is 1. The third-order valence-electron chi connectivity index (χ3n) is 5.63. The molecule has 1 saturated heterocycles. The highest BCUT2D eigenvalue weighted by molar-refractivity contribution is 5.95. The van der Waals surface area contributed by atoms with Crippen molar-refractivity contribution in [3.05, 3.63) is 65.1 Å². The highest BCUT2D eigenvalue weighted by Gasteiger charge is 2.38. The molecule has 6 nitrogen and oxygen atoms in total. The van der Waals surface area contributed by atoms with E-state index in [-0.39, 0.29) is 5.91 Å². The molecule has 2 unspecified atom stereocenters. The second kappa shape index (κ2) is 6.78. The summed E-state index contributed by atoms with van der Waals surface area (Å²) in [5.74, 6) is 0.324. The van der Waals surface area contributed by atoms with Gasteiger partial charge in [-0.1, -0.05) is 29.8 Å².